The number of aliphatic hydroxyl groups excluding tert-OH is 1. The first-order chi connectivity index (χ1) is 9.33. The highest BCUT2D eigenvalue weighted by Crippen LogP contribution is 2.19. The van der Waals surface area contributed by atoms with E-state index < -0.39 is 0 Å². The minimum Gasteiger partial charge on any atom is -0.489 e. The second-order valence-corrected chi connectivity index (χ2v) is 4.46. The van der Waals surface area contributed by atoms with Crippen LogP contribution in [0, 0.1) is 0 Å². The third-order valence-corrected chi connectivity index (χ3v) is 3.10. The Morgan fingerprint density at radius 3 is 2.26 bits per heavy atom. The van der Waals surface area contributed by atoms with Gasteiger partial charge in [0, 0.05) is 12.5 Å². The van der Waals surface area contributed by atoms with Gasteiger partial charge in [-0.15, -0.1) is 0 Å². The molecule has 0 unspecified atom stereocenters. The van der Waals surface area contributed by atoms with Crippen LogP contribution in [0.5, 0.6) is 5.75 Å². The molecule has 0 spiro atoms. The molecular formula is C16H19NO2. The van der Waals surface area contributed by atoms with Gasteiger partial charge in [-0.2, -0.15) is 0 Å². The summed E-state index contributed by atoms with van der Waals surface area (Å²) in [6, 6.07) is 17.8. The molecule has 0 saturated heterocycles. The lowest BCUT2D eigenvalue weighted by molar-refractivity contribution is 0.267. The van der Waals surface area contributed by atoms with Crippen LogP contribution < -0.4 is 10.5 Å². The number of hydrogen-bond acceptors (Lipinski definition) is 3. The Morgan fingerprint density at radius 1 is 1.00 bits per heavy atom. The van der Waals surface area contributed by atoms with Gasteiger partial charge < -0.3 is 15.6 Å². The molecule has 0 fully saturated rings. The van der Waals surface area contributed by atoms with Crippen molar-refractivity contribution in [2.24, 2.45) is 5.73 Å². The average Bonchev–Trinajstić information content (AvgIpc) is 2.49. The SMILES string of the molecule is NC[C@H](CO)c1ccc(OCc2ccccc2)cc1. The topological polar surface area (TPSA) is 55.5 Å². The largest absolute Gasteiger partial charge is 0.489 e. The molecule has 3 nitrogen and oxygen atoms in total. The molecule has 0 aliphatic carbocycles. The lowest BCUT2D eigenvalue weighted by Gasteiger charge is -2.12. The quantitative estimate of drug-likeness (QED) is 0.835. The summed E-state index contributed by atoms with van der Waals surface area (Å²) in [5, 5.41) is 9.19. The Labute approximate surface area is 113 Å². The van der Waals surface area contributed by atoms with Crippen molar-refractivity contribution in [2.45, 2.75) is 12.5 Å². The summed E-state index contributed by atoms with van der Waals surface area (Å²) in [6.07, 6.45) is 0. The Morgan fingerprint density at radius 2 is 1.68 bits per heavy atom. The number of hydrogen-bond donors (Lipinski definition) is 2. The van der Waals surface area contributed by atoms with Crippen molar-refractivity contribution in [1.82, 2.24) is 0 Å². The van der Waals surface area contributed by atoms with Gasteiger partial charge in [-0.1, -0.05) is 42.5 Å². The molecule has 2 aromatic carbocycles. The van der Waals surface area contributed by atoms with Crippen LogP contribution in [0.4, 0.5) is 0 Å². The van der Waals surface area contributed by atoms with E-state index in [2.05, 4.69) is 0 Å². The van der Waals surface area contributed by atoms with E-state index >= 15 is 0 Å². The fourth-order valence-corrected chi connectivity index (χ4v) is 1.89. The number of benzene rings is 2. The maximum atomic E-state index is 9.19. The average molecular weight is 257 g/mol. The van der Waals surface area contributed by atoms with Gasteiger partial charge in [0.1, 0.15) is 12.4 Å². The van der Waals surface area contributed by atoms with Gasteiger partial charge in [0.2, 0.25) is 0 Å². The van der Waals surface area contributed by atoms with E-state index in [9.17, 15) is 5.11 Å². The summed E-state index contributed by atoms with van der Waals surface area (Å²) < 4.78 is 5.70. The monoisotopic (exact) mass is 257 g/mol. The van der Waals surface area contributed by atoms with E-state index in [1.54, 1.807) is 0 Å². The van der Waals surface area contributed by atoms with Gasteiger partial charge in [0.05, 0.1) is 6.61 Å². The van der Waals surface area contributed by atoms with Crippen molar-refractivity contribution in [2.75, 3.05) is 13.2 Å². The predicted octanol–water partition coefficient (Wildman–Crippen LogP) is 2.30. The van der Waals surface area contributed by atoms with E-state index in [0.29, 0.717) is 13.2 Å². The first-order valence-electron chi connectivity index (χ1n) is 6.41. The molecule has 2 rings (SSSR count). The van der Waals surface area contributed by atoms with Crippen molar-refractivity contribution in [1.29, 1.82) is 0 Å². The lowest BCUT2D eigenvalue weighted by Crippen LogP contribution is -2.15. The Kier molecular flexibility index (Phi) is 4.95. The molecule has 100 valence electrons. The fourth-order valence-electron chi connectivity index (χ4n) is 1.89. The van der Waals surface area contributed by atoms with Gasteiger partial charge in [0.15, 0.2) is 0 Å². The second kappa shape index (κ2) is 6.92. The molecular weight excluding hydrogens is 238 g/mol. The smallest absolute Gasteiger partial charge is 0.119 e. The highest BCUT2D eigenvalue weighted by molar-refractivity contribution is 5.30. The molecule has 0 saturated carbocycles. The molecule has 3 N–H and O–H groups in total. The van der Waals surface area contributed by atoms with Crippen molar-refractivity contribution in [3.8, 4) is 5.75 Å². The molecule has 0 aromatic heterocycles. The van der Waals surface area contributed by atoms with Gasteiger partial charge in [-0.05, 0) is 23.3 Å². The van der Waals surface area contributed by atoms with Crippen molar-refractivity contribution >= 4 is 0 Å². The standard InChI is InChI=1S/C16H19NO2/c17-10-15(11-18)14-6-8-16(9-7-14)19-12-13-4-2-1-3-5-13/h1-9,15,18H,10-12,17H2/t15-/m1/s1. The number of rotatable bonds is 6. The molecule has 19 heavy (non-hydrogen) atoms. The van der Waals surface area contributed by atoms with E-state index in [4.69, 9.17) is 10.5 Å². The second-order valence-electron chi connectivity index (χ2n) is 4.46. The zero-order valence-electron chi connectivity index (χ0n) is 10.8. The zero-order valence-corrected chi connectivity index (χ0v) is 10.8. The van der Waals surface area contributed by atoms with Crippen molar-refractivity contribution in [3.63, 3.8) is 0 Å². The first kappa shape index (κ1) is 13.6. The Balaban J connectivity index is 1.95. The van der Waals surface area contributed by atoms with E-state index in [-0.39, 0.29) is 12.5 Å². The molecule has 1 atom stereocenters. The van der Waals surface area contributed by atoms with Crippen LogP contribution in [0.15, 0.2) is 54.6 Å². The maximum Gasteiger partial charge on any atom is 0.119 e. The summed E-state index contributed by atoms with van der Waals surface area (Å²) in [6.45, 7) is 1.07. The van der Waals surface area contributed by atoms with Crippen LogP contribution in [-0.4, -0.2) is 18.3 Å². The van der Waals surface area contributed by atoms with Gasteiger partial charge in [-0.25, -0.2) is 0 Å². The summed E-state index contributed by atoms with van der Waals surface area (Å²) in [5.41, 5.74) is 7.78. The zero-order chi connectivity index (χ0) is 13.5. The van der Waals surface area contributed by atoms with Crippen LogP contribution in [0.1, 0.15) is 17.0 Å². The Bertz CT molecular complexity index is 478. The number of ether oxygens (including phenoxy) is 1. The minimum absolute atomic E-state index is 0.00294. The van der Waals surface area contributed by atoms with E-state index in [1.807, 2.05) is 54.6 Å². The number of aliphatic hydroxyl groups is 1. The summed E-state index contributed by atoms with van der Waals surface area (Å²) in [4.78, 5) is 0. The van der Waals surface area contributed by atoms with E-state index in [1.165, 1.54) is 0 Å². The Hall–Kier alpha value is -1.84. The number of nitrogens with two attached hydrogens (primary N) is 1. The van der Waals surface area contributed by atoms with Crippen LogP contribution in [-0.2, 0) is 6.61 Å². The molecule has 0 aliphatic heterocycles. The van der Waals surface area contributed by atoms with Crippen molar-refractivity contribution < 1.29 is 9.84 Å². The van der Waals surface area contributed by atoms with Crippen LogP contribution in [0.2, 0.25) is 0 Å². The van der Waals surface area contributed by atoms with Crippen LogP contribution in [0.3, 0.4) is 0 Å². The minimum atomic E-state index is 0.00294. The normalized spacial score (nSPS) is 12.1. The van der Waals surface area contributed by atoms with Gasteiger partial charge in [-0.3, -0.25) is 0 Å². The lowest BCUT2D eigenvalue weighted by atomic mass is 10.0. The molecule has 3 heteroatoms. The van der Waals surface area contributed by atoms with Crippen LogP contribution >= 0.6 is 0 Å². The third kappa shape index (κ3) is 3.81. The highest BCUT2D eigenvalue weighted by Gasteiger charge is 2.07. The molecule has 2 aromatic rings. The van der Waals surface area contributed by atoms with Crippen molar-refractivity contribution in [3.05, 3.63) is 65.7 Å². The highest BCUT2D eigenvalue weighted by atomic mass is 16.5. The molecule has 0 heterocycles. The molecule has 0 amide bonds. The summed E-state index contributed by atoms with van der Waals surface area (Å²) >= 11 is 0. The molecule has 0 bridgehead atoms. The van der Waals surface area contributed by atoms with Gasteiger partial charge >= 0.3 is 0 Å². The fraction of sp³-hybridized carbons (Fsp3) is 0.250. The predicted molar refractivity (Wildman–Crippen MR) is 76.1 cm³/mol. The molecule has 0 radical (unpaired) electrons. The maximum absolute atomic E-state index is 9.19. The van der Waals surface area contributed by atoms with Gasteiger partial charge in [0.25, 0.3) is 0 Å². The summed E-state index contributed by atoms with van der Waals surface area (Å²) in [5.74, 6) is 0.824. The third-order valence-electron chi connectivity index (χ3n) is 3.10. The summed E-state index contributed by atoms with van der Waals surface area (Å²) in [7, 11) is 0. The van der Waals surface area contributed by atoms with Crippen LogP contribution in [0.25, 0.3) is 0 Å². The van der Waals surface area contributed by atoms with E-state index in [0.717, 1.165) is 16.9 Å². The molecule has 0 aliphatic rings. The first-order valence-corrected chi connectivity index (χ1v) is 6.41.